The number of carbonyl (C=O) groups is 3. The van der Waals surface area contributed by atoms with Crippen LogP contribution in [0, 0.1) is 11.8 Å². The van der Waals surface area contributed by atoms with Gasteiger partial charge >= 0.3 is 19.8 Å². The number of aliphatic hydroxyl groups excluding tert-OH is 2. The fourth-order valence-electron chi connectivity index (χ4n) is 6.79. The Hall–Kier alpha value is -1.92. The van der Waals surface area contributed by atoms with Crippen molar-refractivity contribution < 1.29 is 57.1 Å². The number of phosphoric ester groups is 1. The minimum atomic E-state index is -4.43. The van der Waals surface area contributed by atoms with Gasteiger partial charge in [-0.3, -0.25) is 23.4 Å². The van der Waals surface area contributed by atoms with Gasteiger partial charge in [0.25, 0.3) is 0 Å². The van der Waals surface area contributed by atoms with Crippen molar-refractivity contribution in [2.24, 2.45) is 11.8 Å². The van der Waals surface area contributed by atoms with Crippen molar-refractivity contribution in [1.82, 2.24) is 0 Å². The maximum atomic E-state index is 12.7. The molecule has 0 spiro atoms. The van der Waals surface area contributed by atoms with Gasteiger partial charge in [0.2, 0.25) is 0 Å². The van der Waals surface area contributed by atoms with E-state index in [-0.39, 0.29) is 50.1 Å². The molecule has 0 aromatic rings. The number of aliphatic hydroxyl groups is 2. The summed E-state index contributed by atoms with van der Waals surface area (Å²) in [7, 11) is 1.34. The summed E-state index contributed by atoms with van der Waals surface area (Å²) in [5.74, 6) is -1.52. The van der Waals surface area contributed by atoms with Crippen molar-refractivity contribution in [3.05, 3.63) is 24.3 Å². The summed E-state index contributed by atoms with van der Waals surface area (Å²) in [6.45, 7) is 4.02. The van der Waals surface area contributed by atoms with Crippen molar-refractivity contribution in [1.29, 1.82) is 0 Å². The molecule has 0 heterocycles. The number of hydrogen-bond acceptors (Lipinski definition) is 10. The number of phosphoric acid groups is 1. The fourth-order valence-corrected chi connectivity index (χ4v) is 7.54. The Labute approximate surface area is 345 Å². The molecule has 0 aromatic carbocycles. The molecule has 57 heavy (non-hydrogen) atoms. The Morgan fingerprint density at radius 3 is 2.04 bits per heavy atom. The Morgan fingerprint density at radius 2 is 1.39 bits per heavy atom. The first kappa shape index (κ1) is 53.1. The number of hydrogen-bond donors (Lipinski definition) is 3. The van der Waals surface area contributed by atoms with Crippen LogP contribution in [0.1, 0.15) is 162 Å². The van der Waals surface area contributed by atoms with E-state index in [1.807, 2.05) is 21.1 Å². The van der Waals surface area contributed by atoms with Crippen LogP contribution in [0.5, 0.6) is 0 Å². The molecule has 1 rings (SSSR count). The van der Waals surface area contributed by atoms with E-state index in [2.05, 4.69) is 26.0 Å². The van der Waals surface area contributed by atoms with Crippen LogP contribution >= 0.6 is 7.82 Å². The molecule has 12 nitrogen and oxygen atoms in total. The number of allylic oxidation sites excluding steroid dienone is 3. The average molecular weight is 831 g/mol. The van der Waals surface area contributed by atoms with E-state index in [4.69, 9.17) is 18.5 Å². The molecule has 0 aliphatic heterocycles. The van der Waals surface area contributed by atoms with Gasteiger partial charge in [-0.1, -0.05) is 115 Å². The maximum Gasteiger partial charge on any atom is 0.472 e. The third-order valence-corrected chi connectivity index (χ3v) is 11.3. The first-order valence-electron chi connectivity index (χ1n) is 22.2. The van der Waals surface area contributed by atoms with Crippen LogP contribution < -0.4 is 0 Å². The minimum absolute atomic E-state index is 0.00757. The van der Waals surface area contributed by atoms with Crippen LogP contribution in [0.15, 0.2) is 24.3 Å². The van der Waals surface area contributed by atoms with Gasteiger partial charge in [-0.25, -0.2) is 4.57 Å². The summed E-state index contributed by atoms with van der Waals surface area (Å²) < 4.78 is 34.2. The molecule has 0 aromatic heterocycles. The van der Waals surface area contributed by atoms with Gasteiger partial charge in [0, 0.05) is 25.2 Å². The lowest BCUT2D eigenvalue weighted by Crippen LogP contribution is -2.37. The quantitative estimate of drug-likeness (QED) is 0.0181. The summed E-state index contributed by atoms with van der Waals surface area (Å²) in [5.41, 5.74) is 0. The van der Waals surface area contributed by atoms with Crippen molar-refractivity contribution in [3.8, 4) is 0 Å². The van der Waals surface area contributed by atoms with Gasteiger partial charge in [-0.15, -0.1) is 0 Å². The molecule has 6 atom stereocenters. The normalized spacial score (nSPS) is 19.6. The molecule has 332 valence electrons. The maximum absolute atomic E-state index is 12.7. The highest BCUT2D eigenvalue weighted by molar-refractivity contribution is 7.47. The monoisotopic (exact) mass is 831 g/mol. The van der Waals surface area contributed by atoms with Gasteiger partial charge in [0.05, 0.1) is 40.0 Å². The van der Waals surface area contributed by atoms with E-state index in [0.717, 1.165) is 77.0 Å². The number of carbonyl (C=O) groups excluding carboxylic acids is 3. The number of Topliss-reactive ketones (excluding diaryl/α,β-unsaturated/α-hetero) is 1. The zero-order valence-electron chi connectivity index (χ0n) is 36.3. The summed E-state index contributed by atoms with van der Waals surface area (Å²) in [4.78, 5) is 48.1. The van der Waals surface area contributed by atoms with Crippen LogP contribution in [-0.2, 0) is 37.5 Å². The topological polar surface area (TPSA) is 166 Å². The van der Waals surface area contributed by atoms with Crippen molar-refractivity contribution in [2.45, 2.75) is 180 Å². The number of ether oxygens (including phenoxy) is 2. The summed E-state index contributed by atoms with van der Waals surface area (Å²) in [6, 6.07) is 0. The van der Waals surface area contributed by atoms with E-state index in [1.54, 1.807) is 12.2 Å². The van der Waals surface area contributed by atoms with Crippen LogP contribution in [0.25, 0.3) is 0 Å². The van der Waals surface area contributed by atoms with Crippen LogP contribution in [0.3, 0.4) is 0 Å². The van der Waals surface area contributed by atoms with Crippen LogP contribution in [0.4, 0.5) is 0 Å². The smallest absolute Gasteiger partial charge is 0.462 e. The van der Waals surface area contributed by atoms with Gasteiger partial charge in [0.15, 0.2) is 6.10 Å². The summed E-state index contributed by atoms with van der Waals surface area (Å²) in [5, 5.41) is 20.8. The van der Waals surface area contributed by atoms with E-state index in [1.165, 1.54) is 25.7 Å². The number of quaternary nitrogens is 1. The zero-order valence-corrected chi connectivity index (χ0v) is 37.2. The highest BCUT2D eigenvalue weighted by Gasteiger charge is 2.39. The van der Waals surface area contributed by atoms with E-state index in [0.29, 0.717) is 36.7 Å². The highest BCUT2D eigenvalue weighted by atomic mass is 31.2. The SMILES string of the molecule is CCCCCC/C=C\CCCCCCCC(=O)O[C@H](COC(=O)CCCCCC[C@H]1[C@@H](O)CC(=O)[C@@H]1/C=C/[C@@H](O)CCCCC)COP(=O)(O)OCC[N+](C)(C)C. The van der Waals surface area contributed by atoms with Gasteiger partial charge in [0.1, 0.15) is 25.5 Å². The van der Waals surface area contributed by atoms with E-state index in [9.17, 15) is 34.1 Å². The zero-order chi connectivity index (χ0) is 42.4. The molecule has 0 radical (unpaired) electrons. The van der Waals surface area contributed by atoms with Gasteiger partial charge < -0.3 is 29.1 Å². The highest BCUT2D eigenvalue weighted by Crippen LogP contribution is 2.43. The third kappa shape index (κ3) is 29.0. The molecular formula is C44H81NO11P+. The Balaban J connectivity index is 2.48. The number of unbranched alkanes of at least 4 members (excludes halogenated alkanes) is 14. The molecule has 0 amide bonds. The van der Waals surface area contributed by atoms with Crippen molar-refractivity contribution >= 4 is 25.5 Å². The number of ketones is 1. The lowest BCUT2D eigenvalue weighted by Gasteiger charge is -2.24. The first-order chi connectivity index (χ1) is 27.2. The van der Waals surface area contributed by atoms with Gasteiger partial charge in [-0.05, 0) is 57.3 Å². The predicted octanol–water partition coefficient (Wildman–Crippen LogP) is 8.94. The second-order valence-corrected chi connectivity index (χ2v) is 18.3. The fraction of sp³-hybridized carbons (Fsp3) is 0.841. The summed E-state index contributed by atoms with van der Waals surface area (Å²) in [6.07, 6.45) is 25.6. The molecule has 1 saturated carbocycles. The van der Waals surface area contributed by atoms with Crippen molar-refractivity contribution in [2.75, 3.05) is 47.5 Å². The standard InChI is InChI=1S/C44H80NO11P/c1-6-8-10-11-12-13-14-15-16-17-18-19-25-29-44(50)56-38(36-55-57(51,52)54-33-32-45(3,4)5)35-53-43(49)28-24-21-20-23-27-39-40(42(48)34-41(39)47)31-30-37(46)26-22-9-7-2/h13-14,30-31,37-41,46-47H,6-12,15-29,32-36H2,1-5H3/p+1/b14-13-,31-30+/t37-,38+,39+,40+,41-/m0/s1. The number of rotatable bonds is 36. The van der Waals surface area contributed by atoms with Crippen molar-refractivity contribution in [3.63, 3.8) is 0 Å². The number of likely N-dealkylation sites (N-methyl/N-ethyl adjacent to an activating group) is 1. The Morgan fingerprint density at radius 1 is 0.807 bits per heavy atom. The molecule has 1 unspecified atom stereocenters. The minimum Gasteiger partial charge on any atom is -0.462 e. The van der Waals surface area contributed by atoms with E-state index < -0.39 is 44.7 Å². The number of esters is 2. The lowest BCUT2D eigenvalue weighted by molar-refractivity contribution is -0.870. The second kappa shape index (κ2) is 31.9. The molecule has 3 N–H and O–H groups in total. The number of nitrogens with zero attached hydrogens (tertiary/aromatic N) is 1. The lowest BCUT2D eigenvalue weighted by atomic mass is 9.88. The summed E-state index contributed by atoms with van der Waals surface area (Å²) >= 11 is 0. The second-order valence-electron chi connectivity index (χ2n) is 16.9. The molecule has 0 bridgehead atoms. The molecule has 1 aliphatic rings. The molecule has 1 aliphatic carbocycles. The largest absolute Gasteiger partial charge is 0.472 e. The van der Waals surface area contributed by atoms with Crippen LogP contribution in [0.2, 0.25) is 0 Å². The first-order valence-corrected chi connectivity index (χ1v) is 23.7. The average Bonchev–Trinajstić information content (AvgIpc) is 3.41. The van der Waals surface area contributed by atoms with E-state index >= 15 is 0 Å². The van der Waals surface area contributed by atoms with Crippen LogP contribution in [-0.4, -0.2) is 103 Å². The predicted molar refractivity (Wildman–Crippen MR) is 225 cm³/mol. The molecular weight excluding hydrogens is 749 g/mol. The molecule has 0 saturated heterocycles. The molecule has 1 fully saturated rings. The molecule has 13 heteroatoms. The van der Waals surface area contributed by atoms with Gasteiger partial charge in [-0.2, -0.15) is 0 Å². The Bertz CT molecular complexity index is 1190. The third-order valence-electron chi connectivity index (χ3n) is 10.4. The Kier molecular flexibility index (Phi) is 29.7.